The van der Waals surface area contributed by atoms with Gasteiger partial charge in [-0.05, 0) is 31.4 Å². The van der Waals surface area contributed by atoms with Crippen molar-refractivity contribution < 1.29 is 32.3 Å². The number of hydrogen-bond acceptors (Lipinski definition) is 4. The van der Waals surface area contributed by atoms with E-state index in [-0.39, 0.29) is 24.6 Å². The summed E-state index contributed by atoms with van der Waals surface area (Å²) in [5.74, 6) is -1.13. The molecule has 2 fully saturated rings. The highest BCUT2D eigenvalue weighted by atomic mass is 19.4. The number of benzene rings is 1. The van der Waals surface area contributed by atoms with Crippen LogP contribution in [-0.4, -0.2) is 47.7 Å². The molecule has 30 heavy (non-hydrogen) atoms. The van der Waals surface area contributed by atoms with E-state index in [4.69, 9.17) is 0 Å². The van der Waals surface area contributed by atoms with Crippen LogP contribution in [0.25, 0.3) is 6.08 Å². The molecular formula is C20H22F3N3O4. The van der Waals surface area contributed by atoms with Crippen LogP contribution >= 0.6 is 0 Å². The summed E-state index contributed by atoms with van der Waals surface area (Å²) in [5.41, 5.74) is -0.652. The number of alkyl halides is 3. The first kappa shape index (κ1) is 21.7. The van der Waals surface area contributed by atoms with E-state index in [1.165, 1.54) is 29.2 Å². The van der Waals surface area contributed by atoms with Crippen LogP contribution in [-0.2, 0) is 9.59 Å². The number of hydrogen-bond donors (Lipinski definition) is 2. The molecule has 0 aromatic heterocycles. The first-order valence-corrected chi connectivity index (χ1v) is 9.65. The average Bonchev–Trinajstić information content (AvgIpc) is 3.23. The lowest BCUT2D eigenvalue weighted by Gasteiger charge is -2.20. The molecule has 1 aliphatic heterocycles. The van der Waals surface area contributed by atoms with Crippen LogP contribution in [0, 0.1) is 0 Å². The molecule has 2 aliphatic rings. The summed E-state index contributed by atoms with van der Waals surface area (Å²) in [4.78, 5) is 37.7. The Morgan fingerprint density at radius 3 is 2.63 bits per heavy atom. The lowest BCUT2D eigenvalue weighted by Crippen LogP contribution is -2.44. The van der Waals surface area contributed by atoms with Crippen LogP contribution in [0.1, 0.15) is 37.7 Å². The smallest absolute Gasteiger partial charge is 0.405 e. The summed E-state index contributed by atoms with van der Waals surface area (Å²) < 4.78 is 41.2. The van der Waals surface area contributed by atoms with Crippen LogP contribution in [0.2, 0.25) is 0 Å². The second kappa shape index (κ2) is 8.76. The van der Waals surface area contributed by atoms with Crippen molar-refractivity contribution in [2.75, 3.05) is 13.1 Å². The molecule has 2 N–H and O–H groups in total. The van der Waals surface area contributed by atoms with Crippen LogP contribution in [0.5, 0.6) is 5.75 Å². The first-order valence-electron chi connectivity index (χ1n) is 9.65. The standard InChI is InChI=1S/C20H22F3N3O4/c21-20(22,23)30-15-7-2-1-6-14(15)8-9-16(27)24-12-5-13-26-17(28)19(25-18(26)29)10-3-4-11-19/h1-2,6-9H,3-5,10-13H2,(H,24,27)(H,25,29)/b9-8+. The molecule has 1 spiro atoms. The molecule has 1 aromatic rings. The molecule has 0 atom stereocenters. The zero-order valence-electron chi connectivity index (χ0n) is 16.1. The van der Waals surface area contributed by atoms with Crippen molar-refractivity contribution in [3.05, 3.63) is 35.9 Å². The number of nitrogens with one attached hydrogen (secondary N) is 2. The maximum Gasteiger partial charge on any atom is 0.573 e. The molecule has 1 saturated heterocycles. The van der Waals surface area contributed by atoms with Gasteiger partial charge in [-0.3, -0.25) is 14.5 Å². The Kier molecular flexibility index (Phi) is 6.33. The second-order valence-electron chi connectivity index (χ2n) is 7.24. The highest BCUT2D eigenvalue weighted by molar-refractivity contribution is 6.07. The van der Waals surface area contributed by atoms with E-state index in [2.05, 4.69) is 15.4 Å². The molecule has 0 unspecified atom stereocenters. The molecule has 7 nitrogen and oxygen atoms in total. The molecule has 162 valence electrons. The van der Waals surface area contributed by atoms with E-state index in [1.807, 2.05) is 0 Å². The fourth-order valence-electron chi connectivity index (χ4n) is 3.71. The number of nitrogens with zero attached hydrogens (tertiary/aromatic N) is 1. The monoisotopic (exact) mass is 425 g/mol. The number of para-hydroxylation sites is 1. The molecule has 4 amide bonds. The maximum atomic E-state index is 12.5. The Hall–Kier alpha value is -3.04. The minimum atomic E-state index is -4.83. The number of ether oxygens (including phenoxy) is 1. The molecule has 0 bridgehead atoms. The van der Waals surface area contributed by atoms with Gasteiger partial charge in [0.05, 0.1) is 0 Å². The summed E-state index contributed by atoms with van der Waals surface area (Å²) >= 11 is 0. The van der Waals surface area contributed by atoms with E-state index in [0.29, 0.717) is 19.3 Å². The van der Waals surface area contributed by atoms with E-state index < -0.39 is 29.6 Å². The van der Waals surface area contributed by atoms with Gasteiger partial charge in [0.1, 0.15) is 11.3 Å². The van der Waals surface area contributed by atoms with Gasteiger partial charge in [-0.2, -0.15) is 0 Å². The van der Waals surface area contributed by atoms with Gasteiger partial charge in [0, 0.05) is 24.7 Å². The number of amides is 4. The van der Waals surface area contributed by atoms with Gasteiger partial charge in [0.2, 0.25) is 5.91 Å². The van der Waals surface area contributed by atoms with Crippen molar-refractivity contribution in [1.29, 1.82) is 0 Å². The second-order valence-corrected chi connectivity index (χ2v) is 7.24. The number of rotatable bonds is 7. The van der Waals surface area contributed by atoms with E-state index >= 15 is 0 Å². The minimum absolute atomic E-state index is 0.103. The van der Waals surface area contributed by atoms with Crippen LogP contribution in [0.15, 0.2) is 30.3 Å². The summed E-state index contributed by atoms with van der Waals surface area (Å²) in [6.45, 7) is 0.382. The first-order chi connectivity index (χ1) is 14.2. The number of carbonyl (C=O) groups excluding carboxylic acids is 3. The van der Waals surface area contributed by atoms with Crippen molar-refractivity contribution in [1.82, 2.24) is 15.5 Å². The Balaban J connectivity index is 1.46. The Morgan fingerprint density at radius 2 is 1.93 bits per heavy atom. The fourth-order valence-corrected chi connectivity index (χ4v) is 3.71. The van der Waals surface area contributed by atoms with E-state index in [1.54, 1.807) is 0 Å². The Labute approximate surface area is 171 Å². The summed E-state index contributed by atoms with van der Waals surface area (Å²) in [6.07, 6.45) is 0.950. The topological polar surface area (TPSA) is 87.7 Å². The third-order valence-corrected chi connectivity index (χ3v) is 5.12. The number of carbonyl (C=O) groups is 3. The quantitative estimate of drug-likeness (QED) is 0.400. The lowest BCUT2D eigenvalue weighted by molar-refractivity contribution is -0.274. The van der Waals surface area contributed by atoms with Gasteiger partial charge < -0.3 is 15.4 Å². The average molecular weight is 425 g/mol. The molecule has 1 aliphatic carbocycles. The van der Waals surface area contributed by atoms with Crippen LogP contribution < -0.4 is 15.4 Å². The third kappa shape index (κ3) is 5.11. The molecule has 1 heterocycles. The van der Waals surface area contributed by atoms with Gasteiger partial charge in [-0.1, -0.05) is 31.0 Å². The fraction of sp³-hybridized carbons (Fsp3) is 0.450. The van der Waals surface area contributed by atoms with Crippen molar-refractivity contribution in [2.45, 2.75) is 44.0 Å². The van der Waals surface area contributed by atoms with Crippen LogP contribution in [0.4, 0.5) is 18.0 Å². The molecule has 1 saturated carbocycles. The largest absolute Gasteiger partial charge is 0.573 e. The summed E-state index contributed by atoms with van der Waals surface area (Å²) in [7, 11) is 0. The molecule has 10 heteroatoms. The molecule has 1 aromatic carbocycles. The molecule has 3 rings (SSSR count). The number of urea groups is 1. The highest BCUT2D eigenvalue weighted by Gasteiger charge is 2.51. The van der Waals surface area contributed by atoms with Gasteiger partial charge in [-0.15, -0.1) is 13.2 Å². The Morgan fingerprint density at radius 1 is 1.23 bits per heavy atom. The van der Waals surface area contributed by atoms with Gasteiger partial charge in [-0.25, -0.2) is 4.79 Å². The summed E-state index contributed by atoms with van der Waals surface area (Å²) in [6, 6.07) is 5.05. The predicted molar refractivity (Wildman–Crippen MR) is 101 cm³/mol. The number of halogens is 3. The number of imide groups is 1. The molecular weight excluding hydrogens is 403 g/mol. The Bertz CT molecular complexity index is 848. The van der Waals surface area contributed by atoms with Crippen LogP contribution in [0.3, 0.4) is 0 Å². The summed E-state index contributed by atoms with van der Waals surface area (Å²) in [5, 5.41) is 5.36. The van der Waals surface area contributed by atoms with Gasteiger partial charge >= 0.3 is 12.4 Å². The van der Waals surface area contributed by atoms with Crippen molar-refractivity contribution >= 4 is 23.9 Å². The highest BCUT2D eigenvalue weighted by Crippen LogP contribution is 2.35. The van der Waals surface area contributed by atoms with Crippen molar-refractivity contribution in [2.24, 2.45) is 0 Å². The minimum Gasteiger partial charge on any atom is -0.405 e. The zero-order valence-corrected chi connectivity index (χ0v) is 16.1. The van der Waals surface area contributed by atoms with Gasteiger partial charge in [0.15, 0.2) is 0 Å². The van der Waals surface area contributed by atoms with E-state index in [9.17, 15) is 27.6 Å². The van der Waals surface area contributed by atoms with Gasteiger partial charge in [0.25, 0.3) is 5.91 Å². The normalized spacial score (nSPS) is 18.3. The maximum absolute atomic E-state index is 12.5. The van der Waals surface area contributed by atoms with Crippen molar-refractivity contribution in [3.8, 4) is 5.75 Å². The predicted octanol–water partition coefficient (Wildman–Crippen LogP) is 2.97. The molecule has 0 radical (unpaired) electrons. The third-order valence-electron chi connectivity index (χ3n) is 5.12. The van der Waals surface area contributed by atoms with E-state index in [0.717, 1.165) is 25.0 Å². The zero-order chi connectivity index (χ0) is 21.8. The SMILES string of the molecule is O=C(/C=C/c1ccccc1OC(F)(F)F)NCCCN1C(=O)NC2(CCCC2)C1=O. The lowest BCUT2D eigenvalue weighted by atomic mass is 9.98. The van der Waals surface area contributed by atoms with Crippen molar-refractivity contribution in [3.63, 3.8) is 0 Å².